The molecule has 1 aliphatic carbocycles. The highest BCUT2D eigenvalue weighted by molar-refractivity contribution is 7.17. The fourth-order valence-electron chi connectivity index (χ4n) is 4.26. The standard InChI is InChI=1S/C21H22ClN9S/c1-10-9-32-17-16(10)26-19(22)27-18(17)31-20(23)28-21(29-31)25-15-7-12-8-30(13-3-4-13)6-5-14(12)24-11(15)2/h7,9,13H,3-6,8H2,1-2H3,(H3,23,25,28,29). The van der Waals surface area contributed by atoms with E-state index in [9.17, 15) is 0 Å². The molecule has 1 saturated carbocycles. The molecule has 2 aliphatic rings. The summed E-state index contributed by atoms with van der Waals surface area (Å²) >= 11 is 7.70. The number of nitrogens with two attached hydrogens (primary N) is 1. The second-order valence-electron chi connectivity index (χ2n) is 8.42. The molecule has 0 spiro atoms. The van der Waals surface area contributed by atoms with E-state index in [-0.39, 0.29) is 11.2 Å². The molecule has 32 heavy (non-hydrogen) atoms. The Labute approximate surface area is 193 Å². The molecule has 0 saturated heterocycles. The van der Waals surface area contributed by atoms with Crippen LogP contribution in [-0.4, -0.2) is 47.2 Å². The zero-order chi connectivity index (χ0) is 22.0. The highest BCUT2D eigenvalue weighted by Gasteiger charge is 2.32. The maximum atomic E-state index is 6.21. The van der Waals surface area contributed by atoms with E-state index < -0.39 is 0 Å². The van der Waals surface area contributed by atoms with Crippen molar-refractivity contribution in [2.45, 2.75) is 45.7 Å². The molecule has 6 rings (SSSR count). The third-order valence-electron chi connectivity index (χ3n) is 6.08. The fraction of sp³-hybridized carbons (Fsp3) is 0.381. The predicted molar refractivity (Wildman–Crippen MR) is 126 cm³/mol. The molecule has 0 radical (unpaired) electrons. The Kier molecular flexibility index (Phi) is 4.56. The lowest BCUT2D eigenvalue weighted by Crippen LogP contribution is -2.33. The Balaban J connectivity index is 1.34. The van der Waals surface area contributed by atoms with Gasteiger partial charge in [-0.3, -0.25) is 9.88 Å². The molecule has 5 heterocycles. The van der Waals surface area contributed by atoms with Crippen molar-refractivity contribution < 1.29 is 0 Å². The molecule has 4 aromatic rings. The maximum absolute atomic E-state index is 6.21. The lowest BCUT2D eigenvalue weighted by atomic mass is 10.0. The number of anilines is 3. The fourth-order valence-corrected chi connectivity index (χ4v) is 5.39. The largest absolute Gasteiger partial charge is 0.368 e. The molecule has 0 atom stereocenters. The van der Waals surface area contributed by atoms with Gasteiger partial charge in [0.25, 0.3) is 0 Å². The van der Waals surface area contributed by atoms with Crippen molar-refractivity contribution in [1.82, 2.24) is 34.6 Å². The lowest BCUT2D eigenvalue weighted by Gasteiger charge is -2.28. The van der Waals surface area contributed by atoms with Crippen LogP contribution < -0.4 is 11.1 Å². The molecule has 11 heteroatoms. The Hall–Kier alpha value is -2.82. The van der Waals surface area contributed by atoms with Crippen molar-refractivity contribution in [3.63, 3.8) is 0 Å². The van der Waals surface area contributed by atoms with Crippen LogP contribution in [-0.2, 0) is 13.0 Å². The van der Waals surface area contributed by atoms with E-state index in [0.717, 1.165) is 52.7 Å². The number of thiophene rings is 1. The van der Waals surface area contributed by atoms with E-state index >= 15 is 0 Å². The van der Waals surface area contributed by atoms with Gasteiger partial charge < -0.3 is 11.1 Å². The van der Waals surface area contributed by atoms with E-state index in [0.29, 0.717) is 11.8 Å². The van der Waals surface area contributed by atoms with Crippen LogP contribution in [0, 0.1) is 13.8 Å². The summed E-state index contributed by atoms with van der Waals surface area (Å²) in [6.45, 7) is 6.02. The van der Waals surface area contributed by atoms with E-state index in [2.05, 4.69) is 36.3 Å². The third kappa shape index (κ3) is 3.39. The van der Waals surface area contributed by atoms with Crippen LogP contribution in [0.25, 0.3) is 16.0 Å². The van der Waals surface area contributed by atoms with Gasteiger partial charge in [-0.15, -0.1) is 16.4 Å². The zero-order valence-corrected chi connectivity index (χ0v) is 19.3. The first-order valence-electron chi connectivity index (χ1n) is 10.6. The Bertz CT molecular complexity index is 1360. The molecule has 0 amide bonds. The first kappa shape index (κ1) is 19.8. The van der Waals surface area contributed by atoms with Gasteiger partial charge in [0.1, 0.15) is 0 Å². The van der Waals surface area contributed by atoms with Gasteiger partial charge in [-0.1, -0.05) is 0 Å². The number of pyridine rings is 1. The van der Waals surface area contributed by atoms with Crippen LogP contribution in [0.3, 0.4) is 0 Å². The average Bonchev–Trinajstić information content (AvgIpc) is 3.46. The molecule has 0 aromatic carbocycles. The molecule has 9 nitrogen and oxygen atoms in total. The van der Waals surface area contributed by atoms with Gasteiger partial charge >= 0.3 is 0 Å². The molecule has 4 aromatic heterocycles. The Morgan fingerprint density at radius 2 is 2.03 bits per heavy atom. The number of halogens is 1. The van der Waals surface area contributed by atoms with Gasteiger partial charge in [-0.25, -0.2) is 4.98 Å². The highest BCUT2D eigenvalue weighted by Crippen LogP contribution is 2.33. The average molecular weight is 468 g/mol. The molecule has 0 bridgehead atoms. The monoisotopic (exact) mass is 467 g/mol. The number of hydrogen-bond donors (Lipinski definition) is 2. The summed E-state index contributed by atoms with van der Waals surface area (Å²) in [5.74, 6) is 1.13. The SMILES string of the molecule is Cc1nc2c(cc1Nc1nc(N)n(-c3nc(Cl)nc4c(C)csc34)n1)CN(C1CC1)CC2. The van der Waals surface area contributed by atoms with E-state index in [1.807, 2.05) is 19.2 Å². The predicted octanol–water partition coefficient (Wildman–Crippen LogP) is 3.78. The minimum Gasteiger partial charge on any atom is -0.368 e. The second-order valence-corrected chi connectivity index (χ2v) is 9.64. The van der Waals surface area contributed by atoms with Crippen LogP contribution >= 0.6 is 22.9 Å². The van der Waals surface area contributed by atoms with Crippen molar-refractivity contribution in [1.29, 1.82) is 0 Å². The molecule has 1 fully saturated rings. The molecular formula is C21H22ClN9S. The summed E-state index contributed by atoms with van der Waals surface area (Å²) in [4.78, 5) is 20.5. The van der Waals surface area contributed by atoms with Crippen molar-refractivity contribution in [2.24, 2.45) is 0 Å². The maximum Gasteiger partial charge on any atom is 0.248 e. The summed E-state index contributed by atoms with van der Waals surface area (Å²) in [6.07, 6.45) is 3.62. The molecular weight excluding hydrogens is 446 g/mol. The molecule has 0 unspecified atom stereocenters. The second kappa shape index (κ2) is 7.36. The van der Waals surface area contributed by atoms with Gasteiger partial charge in [0.15, 0.2) is 5.82 Å². The van der Waals surface area contributed by atoms with Crippen LogP contribution in [0.2, 0.25) is 5.28 Å². The van der Waals surface area contributed by atoms with Gasteiger partial charge in [-0.05, 0) is 60.9 Å². The normalized spacial score (nSPS) is 16.5. The first-order valence-corrected chi connectivity index (χ1v) is 11.9. The van der Waals surface area contributed by atoms with Crippen molar-refractivity contribution in [3.05, 3.63) is 39.2 Å². The summed E-state index contributed by atoms with van der Waals surface area (Å²) < 4.78 is 2.37. The smallest absolute Gasteiger partial charge is 0.248 e. The van der Waals surface area contributed by atoms with Gasteiger partial charge in [0.2, 0.25) is 17.2 Å². The number of aryl methyl sites for hydroxylation is 2. The number of aromatic nitrogens is 6. The zero-order valence-electron chi connectivity index (χ0n) is 17.8. The van der Waals surface area contributed by atoms with E-state index in [4.69, 9.17) is 22.3 Å². The third-order valence-corrected chi connectivity index (χ3v) is 7.33. The summed E-state index contributed by atoms with van der Waals surface area (Å²) in [7, 11) is 0. The quantitative estimate of drug-likeness (QED) is 0.436. The minimum absolute atomic E-state index is 0.147. The first-order chi connectivity index (χ1) is 15.5. The van der Waals surface area contributed by atoms with Gasteiger partial charge in [0, 0.05) is 31.2 Å². The Morgan fingerprint density at radius 3 is 2.84 bits per heavy atom. The minimum atomic E-state index is 0.147. The number of rotatable bonds is 4. The van der Waals surface area contributed by atoms with Crippen LogP contribution in [0.5, 0.6) is 0 Å². The van der Waals surface area contributed by atoms with E-state index in [1.165, 1.54) is 40.1 Å². The summed E-state index contributed by atoms with van der Waals surface area (Å²) in [6, 6.07) is 2.92. The summed E-state index contributed by atoms with van der Waals surface area (Å²) in [5.41, 5.74) is 12.3. The van der Waals surface area contributed by atoms with Crippen LogP contribution in [0.4, 0.5) is 17.6 Å². The van der Waals surface area contributed by atoms with Crippen LogP contribution in [0.15, 0.2) is 11.4 Å². The van der Waals surface area contributed by atoms with Crippen LogP contribution in [0.1, 0.15) is 35.4 Å². The molecule has 164 valence electrons. The van der Waals surface area contributed by atoms with Crippen molar-refractivity contribution in [3.8, 4) is 5.82 Å². The van der Waals surface area contributed by atoms with Crippen molar-refractivity contribution >= 4 is 50.7 Å². The van der Waals surface area contributed by atoms with Gasteiger partial charge in [0.05, 0.1) is 21.6 Å². The van der Waals surface area contributed by atoms with Gasteiger partial charge in [-0.2, -0.15) is 14.6 Å². The number of nitrogen functional groups attached to an aromatic ring is 1. The number of hydrogen-bond acceptors (Lipinski definition) is 9. The number of nitrogens with one attached hydrogen (secondary N) is 1. The molecule has 1 aliphatic heterocycles. The molecule has 3 N–H and O–H groups in total. The highest BCUT2D eigenvalue weighted by atomic mass is 35.5. The number of fused-ring (bicyclic) bond motifs is 2. The van der Waals surface area contributed by atoms with Crippen molar-refractivity contribution in [2.75, 3.05) is 17.6 Å². The summed E-state index contributed by atoms with van der Waals surface area (Å²) in [5, 5.41) is 10.0. The lowest BCUT2D eigenvalue weighted by molar-refractivity contribution is 0.241. The topological polar surface area (TPSA) is 111 Å². The Morgan fingerprint density at radius 1 is 1.19 bits per heavy atom. The van der Waals surface area contributed by atoms with E-state index in [1.54, 1.807) is 0 Å². The number of nitrogens with zero attached hydrogens (tertiary/aromatic N) is 7.